The maximum atomic E-state index is 8.81. The highest BCUT2D eigenvalue weighted by molar-refractivity contribution is 4.97. The molecule has 13 heavy (non-hydrogen) atoms. The summed E-state index contributed by atoms with van der Waals surface area (Å²) < 4.78 is 0. The van der Waals surface area contributed by atoms with Gasteiger partial charge in [-0.25, -0.2) is 0 Å². The fourth-order valence-electron chi connectivity index (χ4n) is 2.08. The number of nitrogens with zero attached hydrogens (tertiary/aromatic N) is 2. The first-order valence-corrected chi connectivity index (χ1v) is 5.07. The van der Waals surface area contributed by atoms with Crippen LogP contribution >= 0.6 is 0 Å². The van der Waals surface area contributed by atoms with Crippen molar-refractivity contribution in [1.29, 1.82) is 0 Å². The minimum atomic E-state index is 0.264. The zero-order valence-electron chi connectivity index (χ0n) is 9.08. The van der Waals surface area contributed by atoms with Crippen LogP contribution in [0.25, 0.3) is 0 Å². The summed E-state index contributed by atoms with van der Waals surface area (Å²) in [5.41, 5.74) is 0.393. The maximum absolute atomic E-state index is 8.81. The first-order chi connectivity index (χ1) is 6.10. The molecule has 0 unspecified atom stereocenters. The lowest BCUT2D eigenvalue weighted by Crippen LogP contribution is -2.56. The van der Waals surface area contributed by atoms with Gasteiger partial charge in [0.15, 0.2) is 0 Å². The zero-order valence-corrected chi connectivity index (χ0v) is 9.08. The molecule has 1 fully saturated rings. The van der Waals surface area contributed by atoms with Crippen LogP contribution in [0, 0.1) is 0 Å². The summed E-state index contributed by atoms with van der Waals surface area (Å²) in [6.45, 7) is 2.14. The summed E-state index contributed by atoms with van der Waals surface area (Å²) in [5.74, 6) is 0. The van der Waals surface area contributed by atoms with Crippen LogP contribution < -0.4 is 0 Å². The molecule has 0 amide bonds. The van der Waals surface area contributed by atoms with Crippen molar-refractivity contribution in [2.45, 2.75) is 24.8 Å². The Labute approximate surface area is 81.3 Å². The molecule has 0 aromatic heterocycles. The SMILES string of the molecule is CN(CCO)CC1(N(C)C)CCC1. The van der Waals surface area contributed by atoms with Crippen LogP contribution in [0.3, 0.4) is 0 Å². The highest BCUT2D eigenvalue weighted by Gasteiger charge is 2.39. The van der Waals surface area contributed by atoms with Gasteiger partial charge in [0.25, 0.3) is 0 Å². The Bertz CT molecular complexity index is 155. The van der Waals surface area contributed by atoms with Gasteiger partial charge in [-0.3, -0.25) is 0 Å². The summed E-state index contributed by atoms with van der Waals surface area (Å²) >= 11 is 0. The van der Waals surface area contributed by atoms with E-state index < -0.39 is 0 Å². The Kier molecular flexibility index (Phi) is 3.71. The smallest absolute Gasteiger partial charge is 0.0558 e. The van der Waals surface area contributed by atoms with Gasteiger partial charge >= 0.3 is 0 Å². The van der Waals surface area contributed by atoms with Crippen molar-refractivity contribution in [3.63, 3.8) is 0 Å². The van der Waals surface area contributed by atoms with Crippen LogP contribution in [0.4, 0.5) is 0 Å². The van der Waals surface area contributed by atoms with E-state index in [-0.39, 0.29) is 6.61 Å². The average molecular weight is 186 g/mol. The predicted molar refractivity (Wildman–Crippen MR) is 54.9 cm³/mol. The molecule has 0 spiro atoms. The molecule has 0 heterocycles. The quantitative estimate of drug-likeness (QED) is 0.673. The van der Waals surface area contributed by atoms with Crippen molar-refractivity contribution in [2.24, 2.45) is 0 Å². The van der Waals surface area contributed by atoms with Crippen LogP contribution in [-0.4, -0.2) is 61.3 Å². The minimum absolute atomic E-state index is 0.264. The molecule has 1 rings (SSSR count). The third-order valence-electron chi connectivity index (χ3n) is 3.28. The first kappa shape index (κ1) is 11.0. The fraction of sp³-hybridized carbons (Fsp3) is 1.00. The van der Waals surface area contributed by atoms with Crippen molar-refractivity contribution in [1.82, 2.24) is 9.80 Å². The van der Waals surface area contributed by atoms with E-state index in [0.29, 0.717) is 5.54 Å². The normalized spacial score (nSPS) is 20.8. The molecule has 3 heteroatoms. The van der Waals surface area contributed by atoms with Gasteiger partial charge in [0.05, 0.1) is 6.61 Å². The Morgan fingerprint density at radius 1 is 1.23 bits per heavy atom. The standard InChI is InChI=1S/C10H22N2O/c1-11(2)10(5-4-6-10)9-12(3)7-8-13/h13H,4-9H2,1-3H3. The number of likely N-dealkylation sites (N-methyl/N-ethyl adjacent to an activating group) is 2. The number of aliphatic hydroxyl groups excluding tert-OH is 1. The molecular weight excluding hydrogens is 164 g/mol. The van der Waals surface area contributed by atoms with Gasteiger partial charge in [0.2, 0.25) is 0 Å². The van der Waals surface area contributed by atoms with Gasteiger partial charge in [0, 0.05) is 18.6 Å². The minimum Gasteiger partial charge on any atom is -0.395 e. The molecule has 0 bridgehead atoms. The fourth-order valence-corrected chi connectivity index (χ4v) is 2.08. The van der Waals surface area contributed by atoms with E-state index in [1.165, 1.54) is 19.3 Å². The van der Waals surface area contributed by atoms with Crippen LogP contribution in [0.15, 0.2) is 0 Å². The van der Waals surface area contributed by atoms with Crippen molar-refractivity contribution in [2.75, 3.05) is 40.8 Å². The molecule has 78 valence electrons. The number of aliphatic hydroxyl groups is 1. The van der Waals surface area contributed by atoms with Crippen LogP contribution in [-0.2, 0) is 0 Å². The molecule has 0 aromatic rings. The van der Waals surface area contributed by atoms with Crippen molar-refractivity contribution < 1.29 is 5.11 Å². The maximum Gasteiger partial charge on any atom is 0.0558 e. The van der Waals surface area contributed by atoms with E-state index in [0.717, 1.165) is 13.1 Å². The second kappa shape index (κ2) is 4.40. The van der Waals surface area contributed by atoms with Crippen LogP contribution in [0.5, 0.6) is 0 Å². The Balaban J connectivity index is 2.39. The van der Waals surface area contributed by atoms with Gasteiger partial charge < -0.3 is 14.9 Å². The second-order valence-corrected chi connectivity index (χ2v) is 4.43. The largest absolute Gasteiger partial charge is 0.395 e. The van der Waals surface area contributed by atoms with E-state index >= 15 is 0 Å². The first-order valence-electron chi connectivity index (χ1n) is 5.07. The number of hydrogen-bond acceptors (Lipinski definition) is 3. The summed E-state index contributed by atoms with van der Waals surface area (Å²) in [7, 11) is 6.40. The summed E-state index contributed by atoms with van der Waals surface area (Å²) in [6, 6.07) is 0. The third kappa shape index (κ3) is 2.42. The summed E-state index contributed by atoms with van der Waals surface area (Å²) in [5, 5.41) is 8.81. The van der Waals surface area contributed by atoms with E-state index in [1.54, 1.807) is 0 Å². The highest BCUT2D eigenvalue weighted by Crippen LogP contribution is 2.36. The molecule has 0 aromatic carbocycles. The van der Waals surface area contributed by atoms with E-state index in [4.69, 9.17) is 5.11 Å². The lowest BCUT2D eigenvalue weighted by molar-refractivity contribution is 0.0241. The van der Waals surface area contributed by atoms with Crippen molar-refractivity contribution in [3.8, 4) is 0 Å². The molecule has 0 radical (unpaired) electrons. The highest BCUT2D eigenvalue weighted by atomic mass is 16.3. The molecular formula is C10H22N2O. The molecule has 0 aliphatic heterocycles. The van der Waals surface area contributed by atoms with Crippen molar-refractivity contribution in [3.05, 3.63) is 0 Å². The summed E-state index contributed by atoms with van der Waals surface area (Å²) in [6.07, 6.45) is 3.96. The molecule has 1 saturated carbocycles. The zero-order chi connectivity index (χ0) is 9.90. The predicted octanol–water partition coefficient (Wildman–Crippen LogP) is 0.395. The number of hydrogen-bond donors (Lipinski definition) is 1. The molecule has 0 saturated heterocycles. The van der Waals surface area contributed by atoms with Gasteiger partial charge in [-0.15, -0.1) is 0 Å². The van der Waals surface area contributed by atoms with E-state index in [1.807, 2.05) is 0 Å². The molecule has 0 atom stereocenters. The van der Waals surface area contributed by atoms with E-state index in [2.05, 4.69) is 30.9 Å². The molecule has 3 nitrogen and oxygen atoms in total. The van der Waals surface area contributed by atoms with Gasteiger partial charge in [-0.2, -0.15) is 0 Å². The van der Waals surface area contributed by atoms with Crippen molar-refractivity contribution >= 4 is 0 Å². The molecule has 1 aliphatic rings. The van der Waals surface area contributed by atoms with Gasteiger partial charge in [-0.05, 0) is 40.4 Å². The summed E-state index contributed by atoms with van der Waals surface area (Å²) in [4.78, 5) is 4.56. The molecule has 1 N–H and O–H groups in total. The lowest BCUT2D eigenvalue weighted by Gasteiger charge is -2.49. The van der Waals surface area contributed by atoms with Gasteiger partial charge in [0.1, 0.15) is 0 Å². The monoisotopic (exact) mass is 186 g/mol. The lowest BCUT2D eigenvalue weighted by atomic mass is 9.75. The van der Waals surface area contributed by atoms with Gasteiger partial charge in [-0.1, -0.05) is 0 Å². The number of rotatable bonds is 5. The van der Waals surface area contributed by atoms with Crippen LogP contribution in [0.1, 0.15) is 19.3 Å². The Morgan fingerprint density at radius 3 is 2.15 bits per heavy atom. The average Bonchev–Trinajstić information content (AvgIpc) is 1.96. The van der Waals surface area contributed by atoms with Crippen LogP contribution in [0.2, 0.25) is 0 Å². The Morgan fingerprint density at radius 2 is 1.85 bits per heavy atom. The topological polar surface area (TPSA) is 26.7 Å². The second-order valence-electron chi connectivity index (χ2n) is 4.43. The Hall–Kier alpha value is -0.120. The molecule has 1 aliphatic carbocycles. The third-order valence-corrected chi connectivity index (χ3v) is 3.28. The van der Waals surface area contributed by atoms with E-state index in [9.17, 15) is 0 Å².